The Hall–Kier alpha value is -2.29. The molecule has 0 bridgehead atoms. The molecule has 0 N–H and O–H groups in total. The molecule has 19 heavy (non-hydrogen) atoms. The maximum absolute atomic E-state index is 11.8. The van der Waals surface area contributed by atoms with Crippen molar-refractivity contribution in [2.75, 3.05) is 6.61 Å². The van der Waals surface area contributed by atoms with E-state index in [1.165, 1.54) is 0 Å². The molecule has 0 heterocycles. The molecular weight excluding hydrogens is 240 g/mol. The van der Waals surface area contributed by atoms with Crippen molar-refractivity contribution >= 4 is 5.97 Å². The second-order valence-electron chi connectivity index (χ2n) is 4.13. The number of hydrogen-bond donors (Lipinski definition) is 0. The summed E-state index contributed by atoms with van der Waals surface area (Å²) in [5.74, 6) is 0.831. The van der Waals surface area contributed by atoms with E-state index in [0.717, 1.165) is 5.56 Å². The Balaban J connectivity index is 2.24. The fourth-order valence-electron chi connectivity index (χ4n) is 1.67. The minimum absolute atomic E-state index is 0.345. The molecule has 0 saturated carbocycles. The monoisotopic (exact) mass is 256 g/mol. The average Bonchev–Trinajstić information content (AvgIpc) is 2.42. The van der Waals surface area contributed by atoms with Crippen LogP contribution in [0.4, 0.5) is 0 Å². The summed E-state index contributed by atoms with van der Waals surface area (Å²) in [6.45, 7) is 4.13. The Morgan fingerprint density at radius 3 is 2.42 bits per heavy atom. The molecule has 0 aliphatic carbocycles. The summed E-state index contributed by atoms with van der Waals surface area (Å²) in [6.07, 6.45) is 0. The van der Waals surface area contributed by atoms with Crippen LogP contribution in [0.2, 0.25) is 0 Å². The van der Waals surface area contributed by atoms with Gasteiger partial charge in [-0.3, -0.25) is 0 Å². The molecule has 98 valence electrons. The summed E-state index contributed by atoms with van der Waals surface area (Å²) in [4.78, 5) is 11.8. The van der Waals surface area contributed by atoms with Crippen LogP contribution in [0.5, 0.6) is 11.5 Å². The highest BCUT2D eigenvalue weighted by atomic mass is 16.5. The topological polar surface area (TPSA) is 35.5 Å². The van der Waals surface area contributed by atoms with E-state index in [1.54, 1.807) is 25.1 Å². The fourth-order valence-corrected chi connectivity index (χ4v) is 1.67. The Bertz CT molecular complexity index is 558. The van der Waals surface area contributed by atoms with Crippen LogP contribution in [0.3, 0.4) is 0 Å². The summed E-state index contributed by atoms with van der Waals surface area (Å²) >= 11 is 0. The molecule has 0 aromatic heterocycles. The lowest BCUT2D eigenvalue weighted by Gasteiger charge is -2.10. The van der Waals surface area contributed by atoms with Crippen molar-refractivity contribution < 1.29 is 14.3 Å². The highest BCUT2D eigenvalue weighted by Gasteiger charge is 2.13. The molecule has 0 unspecified atom stereocenters. The van der Waals surface area contributed by atoms with Crippen LogP contribution in [-0.2, 0) is 4.74 Å². The molecule has 0 amide bonds. The number of carbonyl (C=O) groups excluding carboxylic acids is 1. The molecule has 0 radical (unpaired) electrons. The third-order valence-electron chi connectivity index (χ3n) is 2.63. The van der Waals surface area contributed by atoms with E-state index in [1.807, 2.05) is 37.3 Å². The van der Waals surface area contributed by atoms with Gasteiger partial charge in [-0.25, -0.2) is 4.79 Å². The maximum atomic E-state index is 11.8. The zero-order valence-electron chi connectivity index (χ0n) is 11.1. The van der Waals surface area contributed by atoms with Crippen molar-refractivity contribution in [1.82, 2.24) is 0 Å². The number of ether oxygens (including phenoxy) is 2. The molecule has 0 fully saturated rings. The maximum Gasteiger partial charge on any atom is 0.341 e. The molecule has 3 heteroatoms. The molecule has 3 nitrogen and oxygen atoms in total. The Kier molecular flexibility index (Phi) is 4.18. The third kappa shape index (κ3) is 3.35. The van der Waals surface area contributed by atoms with Crippen molar-refractivity contribution in [2.45, 2.75) is 13.8 Å². The van der Waals surface area contributed by atoms with Crippen LogP contribution in [0.1, 0.15) is 22.8 Å². The SMILES string of the molecule is CCOC(=O)c1ccccc1Oc1ccc(C)cc1. The molecule has 0 aliphatic rings. The van der Waals surface area contributed by atoms with Gasteiger partial charge < -0.3 is 9.47 Å². The van der Waals surface area contributed by atoms with E-state index >= 15 is 0 Å². The fraction of sp³-hybridized carbons (Fsp3) is 0.188. The molecule has 0 atom stereocenters. The van der Waals surface area contributed by atoms with E-state index in [-0.39, 0.29) is 5.97 Å². The van der Waals surface area contributed by atoms with Crippen LogP contribution < -0.4 is 4.74 Å². The molecule has 0 saturated heterocycles. The van der Waals surface area contributed by atoms with Gasteiger partial charge in [0.15, 0.2) is 0 Å². The van der Waals surface area contributed by atoms with Gasteiger partial charge in [-0.05, 0) is 38.1 Å². The van der Waals surface area contributed by atoms with Gasteiger partial charge in [0.25, 0.3) is 0 Å². The van der Waals surface area contributed by atoms with Crippen molar-refractivity contribution in [2.24, 2.45) is 0 Å². The van der Waals surface area contributed by atoms with Crippen molar-refractivity contribution in [1.29, 1.82) is 0 Å². The summed E-state index contributed by atoms with van der Waals surface area (Å²) in [5.41, 5.74) is 1.59. The van der Waals surface area contributed by atoms with E-state index < -0.39 is 0 Å². The number of hydrogen-bond acceptors (Lipinski definition) is 3. The van der Waals surface area contributed by atoms with Crippen LogP contribution in [-0.4, -0.2) is 12.6 Å². The Labute approximate surface area is 112 Å². The van der Waals surface area contributed by atoms with Crippen LogP contribution >= 0.6 is 0 Å². The van der Waals surface area contributed by atoms with Gasteiger partial charge in [0.2, 0.25) is 0 Å². The van der Waals surface area contributed by atoms with Gasteiger partial charge in [0.05, 0.1) is 6.61 Å². The number of carbonyl (C=O) groups is 1. The first kappa shape index (κ1) is 13.1. The van der Waals surface area contributed by atoms with E-state index in [2.05, 4.69) is 0 Å². The summed E-state index contributed by atoms with van der Waals surface area (Å²) < 4.78 is 10.7. The summed E-state index contributed by atoms with van der Waals surface area (Å²) in [5, 5.41) is 0. The standard InChI is InChI=1S/C16H16O3/c1-3-18-16(17)14-6-4-5-7-15(14)19-13-10-8-12(2)9-11-13/h4-11H,3H2,1-2H3. The van der Waals surface area contributed by atoms with Gasteiger partial charge in [0.1, 0.15) is 17.1 Å². The lowest BCUT2D eigenvalue weighted by molar-refractivity contribution is 0.0523. The summed E-state index contributed by atoms with van der Waals surface area (Å²) in [7, 11) is 0. The van der Waals surface area contributed by atoms with E-state index in [0.29, 0.717) is 23.7 Å². The predicted octanol–water partition coefficient (Wildman–Crippen LogP) is 3.96. The average molecular weight is 256 g/mol. The first-order chi connectivity index (χ1) is 9.20. The normalized spacial score (nSPS) is 10.0. The number of esters is 1. The van der Waals surface area contributed by atoms with Crippen LogP contribution in [0.25, 0.3) is 0 Å². The van der Waals surface area contributed by atoms with E-state index in [4.69, 9.17) is 9.47 Å². The number of benzene rings is 2. The van der Waals surface area contributed by atoms with E-state index in [9.17, 15) is 4.79 Å². The molecule has 0 spiro atoms. The Morgan fingerprint density at radius 2 is 1.74 bits per heavy atom. The van der Waals surface area contributed by atoms with Gasteiger partial charge in [-0.2, -0.15) is 0 Å². The lowest BCUT2D eigenvalue weighted by Crippen LogP contribution is -2.06. The lowest BCUT2D eigenvalue weighted by atomic mass is 10.2. The second-order valence-corrected chi connectivity index (χ2v) is 4.13. The molecule has 2 aromatic carbocycles. The second kappa shape index (κ2) is 6.05. The first-order valence-electron chi connectivity index (χ1n) is 6.21. The van der Waals surface area contributed by atoms with Crippen LogP contribution in [0.15, 0.2) is 48.5 Å². The minimum Gasteiger partial charge on any atom is -0.462 e. The van der Waals surface area contributed by atoms with Crippen molar-refractivity contribution in [3.8, 4) is 11.5 Å². The minimum atomic E-state index is -0.370. The largest absolute Gasteiger partial charge is 0.462 e. The van der Waals surface area contributed by atoms with Crippen molar-refractivity contribution in [3.05, 3.63) is 59.7 Å². The van der Waals surface area contributed by atoms with Crippen LogP contribution in [0, 0.1) is 6.92 Å². The number of aryl methyl sites for hydroxylation is 1. The van der Waals surface area contributed by atoms with Gasteiger partial charge in [0, 0.05) is 0 Å². The Morgan fingerprint density at radius 1 is 1.05 bits per heavy atom. The first-order valence-corrected chi connectivity index (χ1v) is 6.21. The highest BCUT2D eigenvalue weighted by Crippen LogP contribution is 2.26. The summed E-state index contributed by atoms with van der Waals surface area (Å²) in [6, 6.07) is 14.7. The number of rotatable bonds is 4. The highest BCUT2D eigenvalue weighted by molar-refractivity contribution is 5.92. The molecule has 0 aliphatic heterocycles. The smallest absolute Gasteiger partial charge is 0.341 e. The molecule has 2 rings (SSSR count). The van der Waals surface area contributed by atoms with Crippen molar-refractivity contribution in [3.63, 3.8) is 0 Å². The third-order valence-corrected chi connectivity index (χ3v) is 2.63. The van der Waals surface area contributed by atoms with Gasteiger partial charge in [-0.15, -0.1) is 0 Å². The quantitative estimate of drug-likeness (QED) is 0.776. The zero-order chi connectivity index (χ0) is 13.7. The molecule has 2 aromatic rings. The van der Waals surface area contributed by atoms with Gasteiger partial charge >= 0.3 is 5.97 Å². The zero-order valence-corrected chi connectivity index (χ0v) is 11.1. The molecular formula is C16H16O3. The van der Waals surface area contributed by atoms with Gasteiger partial charge in [-0.1, -0.05) is 29.8 Å². The predicted molar refractivity (Wildman–Crippen MR) is 73.7 cm³/mol. The number of para-hydroxylation sites is 1.